The Hall–Kier alpha value is -3.90. The number of fused-ring (bicyclic) bond motifs is 1. The van der Waals surface area contributed by atoms with E-state index in [-0.39, 0.29) is 6.61 Å². The summed E-state index contributed by atoms with van der Waals surface area (Å²) in [4.78, 5) is 12.4. The Labute approximate surface area is 180 Å². The molecule has 0 aliphatic rings. The van der Waals surface area contributed by atoms with Gasteiger partial charge in [-0.05, 0) is 41.3 Å². The van der Waals surface area contributed by atoms with Crippen molar-refractivity contribution in [1.82, 2.24) is 5.43 Å². The smallest absolute Gasteiger partial charge is 0.260 e. The predicted octanol–water partition coefficient (Wildman–Crippen LogP) is 2.66. The van der Waals surface area contributed by atoms with Gasteiger partial charge in [0.15, 0.2) is 6.61 Å². The van der Waals surface area contributed by atoms with Gasteiger partial charge < -0.3 is 4.74 Å². The molecular weight excluding hydrogens is 416 g/mol. The lowest BCUT2D eigenvalue weighted by molar-refractivity contribution is -0.119. The van der Waals surface area contributed by atoms with Gasteiger partial charge in [0.1, 0.15) is 18.4 Å². The van der Waals surface area contributed by atoms with E-state index in [0.29, 0.717) is 17.0 Å². The van der Waals surface area contributed by atoms with Crippen LogP contribution >= 0.6 is 0 Å². The molecule has 0 radical (unpaired) electrons. The SMILES string of the molecule is CS(=O)(=O)N(CC(=O)N/N=C\c1ccc(OCC#N)cc1)c1cccc2ccccc12. The normalized spacial score (nSPS) is 11.2. The summed E-state index contributed by atoms with van der Waals surface area (Å²) in [7, 11) is -3.71. The number of nitrogens with zero attached hydrogens (tertiary/aromatic N) is 3. The number of hydrazone groups is 1. The molecule has 0 fully saturated rings. The Morgan fingerprint density at radius 3 is 2.55 bits per heavy atom. The van der Waals surface area contributed by atoms with Crippen molar-refractivity contribution < 1.29 is 17.9 Å². The summed E-state index contributed by atoms with van der Waals surface area (Å²) in [5.74, 6) is -0.0369. The minimum absolute atomic E-state index is 0.0446. The van der Waals surface area contributed by atoms with Gasteiger partial charge in [0.2, 0.25) is 10.0 Å². The van der Waals surface area contributed by atoms with Crippen LogP contribution in [0.4, 0.5) is 5.69 Å². The van der Waals surface area contributed by atoms with Crippen LogP contribution in [0.3, 0.4) is 0 Å². The maximum atomic E-state index is 12.4. The molecule has 31 heavy (non-hydrogen) atoms. The molecule has 0 saturated carbocycles. The van der Waals surface area contributed by atoms with E-state index in [0.717, 1.165) is 21.3 Å². The molecular formula is C22H20N4O4S. The van der Waals surface area contributed by atoms with Crippen LogP contribution < -0.4 is 14.5 Å². The summed E-state index contributed by atoms with van der Waals surface area (Å²) in [5, 5.41) is 14.0. The van der Waals surface area contributed by atoms with Crippen LogP contribution in [-0.4, -0.2) is 39.9 Å². The van der Waals surface area contributed by atoms with Crippen molar-refractivity contribution in [3.63, 3.8) is 0 Å². The standard InChI is InChI=1S/C22H20N4O4S/c1-31(28,29)26(21-8-4-6-18-5-2-3-7-20(18)21)16-22(27)25-24-15-17-9-11-19(12-10-17)30-14-13-23/h2-12,15H,14,16H2,1H3,(H,25,27)/b24-15-. The maximum Gasteiger partial charge on any atom is 0.260 e. The summed E-state index contributed by atoms with van der Waals surface area (Å²) in [6, 6.07) is 21.3. The van der Waals surface area contributed by atoms with Crippen LogP contribution in [0.15, 0.2) is 71.8 Å². The maximum absolute atomic E-state index is 12.4. The Balaban J connectivity index is 1.71. The lowest BCUT2D eigenvalue weighted by atomic mass is 10.1. The summed E-state index contributed by atoms with van der Waals surface area (Å²) in [5.41, 5.74) is 3.47. The van der Waals surface area contributed by atoms with Gasteiger partial charge in [0.25, 0.3) is 5.91 Å². The van der Waals surface area contributed by atoms with Crippen LogP contribution in [0, 0.1) is 11.3 Å². The van der Waals surface area contributed by atoms with Gasteiger partial charge in [-0.1, -0.05) is 36.4 Å². The first kappa shape index (κ1) is 21.8. The van der Waals surface area contributed by atoms with E-state index in [1.54, 1.807) is 36.4 Å². The molecule has 3 aromatic carbocycles. The molecule has 158 valence electrons. The fourth-order valence-corrected chi connectivity index (χ4v) is 3.79. The molecule has 0 atom stereocenters. The number of nitrogens with one attached hydrogen (secondary N) is 1. The van der Waals surface area contributed by atoms with E-state index in [2.05, 4.69) is 10.5 Å². The molecule has 0 aliphatic carbocycles. The number of ether oxygens (including phenoxy) is 1. The van der Waals surface area contributed by atoms with Crippen molar-refractivity contribution >= 4 is 38.6 Å². The highest BCUT2D eigenvalue weighted by molar-refractivity contribution is 7.92. The molecule has 0 saturated heterocycles. The number of nitriles is 1. The van der Waals surface area contributed by atoms with E-state index in [1.807, 2.05) is 36.4 Å². The first-order valence-corrected chi connectivity index (χ1v) is 11.1. The molecule has 0 unspecified atom stereocenters. The molecule has 0 bridgehead atoms. The third-order valence-electron chi connectivity index (χ3n) is 4.31. The third kappa shape index (κ3) is 5.81. The number of hydrogen-bond acceptors (Lipinski definition) is 6. The van der Waals surface area contributed by atoms with Gasteiger partial charge in [-0.15, -0.1) is 0 Å². The van der Waals surface area contributed by atoms with Gasteiger partial charge in [-0.3, -0.25) is 9.10 Å². The van der Waals surface area contributed by atoms with E-state index >= 15 is 0 Å². The molecule has 0 spiro atoms. The molecule has 9 heteroatoms. The zero-order valence-electron chi connectivity index (χ0n) is 16.7. The van der Waals surface area contributed by atoms with Crippen molar-refractivity contribution in [2.24, 2.45) is 5.10 Å². The fraction of sp³-hybridized carbons (Fsp3) is 0.136. The highest BCUT2D eigenvalue weighted by Gasteiger charge is 2.22. The van der Waals surface area contributed by atoms with Crippen molar-refractivity contribution in [2.75, 3.05) is 23.7 Å². The zero-order chi connectivity index (χ0) is 22.3. The second kappa shape index (κ2) is 9.73. The number of carbonyl (C=O) groups is 1. The molecule has 1 amide bonds. The Kier molecular flexibility index (Phi) is 6.85. The van der Waals surface area contributed by atoms with E-state index < -0.39 is 22.5 Å². The van der Waals surface area contributed by atoms with Crippen LogP contribution in [0.5, 0.6) is 5.75 Å². The van der Waals surface area contributed by atoms with Gasteiger partial charge in [-0.2, -0.15) is 10.4 Å². The highest BCUT2D eigenvalue weighted by atomic mass is 32.2. The second-order valence-corrected chi connectivity index (χ2v) is 8.48. The number of sulfonamides is 1. The first-order chi connectivity index (χ1) is 14.9. The minimum atomic E-state index is -3.71. The number of rotatable bonds is 8. The molecule has 3 rings (SSSR count). The van der Waals surface area contributed by atoms with Crippen LogP contribution in [0.1, 0.15) is 5.56 Å². The van der Waals surface area contributed by atoms with E-state index in [4.69, 9.17) is 10.00 Å². The third-order valence-corrected chi connectivity index (χ3v) is 5.44. The topological polar surface area (TPSA) is 112 Å². The van der Waals surface area contributed by atoms with Crippen molar-refractivity contribution in [3.05, 3.63) is 72.3 Å². The van der Waals surface area contributed by atoms with Crippen molar-refractivity contribution in [1.29, 1.82) is 5.26 Å². The molecule has 1 N–H and O–H groups in total. The number of amides is 1. The summed E-state index contributed by atoms with van der Waals surface area (Å²) in [6.07, 6.45) is 2.48. The van der Waals surface area contributed by atoms with Crippen LogP contribution in [-0.2, 0) is 14.8 Å². The van der Waals surface area contributed by atoms with Gasteiger partial charge in [-0.25, -0.2) is 13.8 Å². The zero-order valence-corrected chi connectivity index (χ0v) is 17.5. The lowest BCUT2D eigenvalue weighted by Gasteiger charge is -2.23. The van der Waals surface area contributed by atoms with Gasteiger partial charge >= 0.3 is 0 Å². The average molecular weight is 436 g/mol. The Morgan fingerprint density at radius 1 is 1.13 bits per heavy atom. The van der Waals surface area contributed by atoms with Gasteiger partial charge in [0.05, 0.1) is 18.2 Å². The average Bonchev–Trinajstić information content (AvgIpc) is 2.76. The molecule has 3 aromatic rings. The summed E-state index contributed by atoms with van der Waals surface area (Å²) < 4.78 is 31.0. The Morgan fingerprint density at radius 2 is 1.84 bits per heavy atom. The van der Waals surface area contributed by atoms with E-state index in [9.17, 15) is 13.2 Å². The quantitative estimate of drug-likeness (QED) is 0.431. The largest absolute Gasteiger partial charge is 0.479 e. The minimum Gasteiger partial charge on any atom is -0.479 e. The lowest BCUT2D eigenvalue weighted by Crippen LogP contribution is -2.39. The number of anilines is 1. The predicted molar refractivity (Wildman–Crippen MR) is 119 cm³/mol. The summed E-state index contributed by atoms with van der Waals surface area (Å²) in [6.45, 7) is -0.456. The van der Waals surface area contributed by atoms with Crippen LogP contribution in [0.2, 0.25) is 0 Å². The number of carbonyl (C=O) groups excluding carboxylic acids is 1. The summed E-state index contributed by atoms with van der Waals surface area (Å²) >= 11 is 0. The first-order valence-electron chi connectivity index (χ1n) is 9.25. The molecule has 0 heterocycles. The van der Waals surface area contributed by atoms with Crippen LogP contribution in [0.25, 0.3) is 10.8 Å². The second-order valence-electron chi connectivity index (χ2n) is 6.58. The Bertz CT molecular complexity index is 1240. The van der Waals surface area contributed by atoms with Crippen molar-refractivity contribution in [2.45, 2.75) is 0 Å². The fourth-order valence-electron chi connectivity index (χ4n) is 2.92. The molecule has 0 aliphatic heterocycles. The van der Waals surface area contributed by atoms with E-state index in [1.165, 1.54) is 6.21 Å². The molecule has 0 aromatic heterocycles. The number of benzene rings is 3. The number of hydrogen-bond donors (Lipinski definition) is 1. The van der Waals surface area contributed by atoms with Gasteiger partial charge in [0, 0.05) is 5.39 Å². The highest BCUT2D eigenvalue weighted by Crippen LogP contribution is 2.28. The molecule has 8 nitrogen and oxygen atoms in total. The van der Waals surface area contributed by atoms with Crippen molar-refractivity contribution in [3.8, 4) is 11.8 Å². The monoisotopic (exact) mass is 436 g/mol.